The molecular weight excluding hydrogens is 899 g/mol. The Hall–Kier alpha value is -9.36. The highest BCUT2D eigenvalue weighted by molar-refractivity contribution is 7.26. The van der Waals surface area contributed by atoms with Crippen molar-refractivity contribution in [1.82, 2.24) is 13.7 Å². The lowest BCUT2D eigenvalue weighted by atomic mass is 10.00. The van der Waals surface area contributed by atoms with Crippen molar-refractivity contribution in [3.05, 3.63) is 224 Å². The Labute approximate surface area is 413 Å². The number of hydrogen-bond donors (Lipinski definition) is 0. The largest absolute Gasteiger partial charge is 0.456 e. The van der Waals surface area contributed by atoms with Crippen LogP contribution < -0.4 is 0 Å². The van der Waals surface area contributed by atoms with Crippen LogP contribution in [0.5, 0.6) is 0 Å². The lowest BCUT2D eigenvalue weighted by molar-refractivity contribution is 0.669. The molecule has 0 unspecified atom stereocenters. The molecule has 6 aromatic heterocycles. The molecule has 0 saturated heterocycles. The van der Waals surface area contributed by atoms with Crippen molar-refractivity contribution in [3.63, 3.8) is 0 Å². The first-order chi connectivity index (χ1) is 35.7. The highest BCUT2D eigenvalue weighted by atomic mass is 32.1. The van der Waals surface area contributed by atoms with Crippen LogP contribution in [0.3, 0.4) is 0 Å². The summed E-state index contributed by atoms with van der Waals surface area (Å²) in [5.41, 5.74) is 16.1. The van der Waals surface area contributed by atoms with Crippen molar-refractivity contribution >= 4 is 141 Å². The first kappa shape index (κ1) is 38.5. The van der Waals surface area contributed by atoms with Crippen molar-refractivity contribution in [2.75, 3.05) is 0 Å². The third kappa shape index (κ3) is 5.10. The normalized spacial score (nSPS) is 12.4. The Morgan fingerprint density at radius 1 is 0.292 bits per heavy atom. The summed E-state index contributed by atoms with van der Waals surface area (Å²) in [5.74, 6) is 0. The molecule has 0 aliphatic heterocycles. The average molecular weight is 936 g/mol. The molecule has 334 valence electrons. The van der Waals surface area contributed by atoms with Gasteiger partial charge in [-0.3, -0.25) is 0 Å². The van der Waals surface area contributed by atoms with Crippen LogP contribution in [0.2, 0.25) is 0 Å². The predicted molar refractivity (Wildman–Crippen MR) is 302 cm³/mol. The molecule has 17 aromatic rings. The number of rotatable bonds is 4. The van der Waals surface area contributed by atoms with E-state index in [4.69, 9.17) is 8.83 Å². The number of hydrogen-bond acceptors (Lipinski definition) is 3. The number of thiophene rings is 1. The van der Waals surface area contributed by atoms with Crippen molar-refractivity contribution in [2.24, 2.45) is 0 Å². The first-order valence-corrected chi connectivity index (χ1v) is 25.3. The minimum absolute atomic E-state index is 0.874. The summed E-state index contributed by atoms with van der Waals surface area (Å²) in [6.07, 6.45) is 0. The van der Waals surface area contributed by atoms with Gasteiger partial charge in [0.1, 0.15) is 22.3 Å². The summed E-state index contributed by atoms with van der Waals surface area (Å²) >= 11 is 1.86. The molecular formula is C66H37N3O2S. The lowest BCUT2D eigenvalue weighted by Gasteiger charge is -2.09. The Morgan fingerprint density at radius 2 is 0.861 bits per heavy atom. The van der Waals surface area contributed by atoms with E-state index >= 15 is 0 Å². The molecule has 0 bridgehead atoms. The molecule has 0 atom stereocenters. The average Bonchev–Trinajstić information content (AvgIpc) is 4.29. The van der Waals surface area contributed by atoms with Crippen LogP contribution in [-0.2, 0) is 0 Å². The van der Waals surface area contributed by atoms with Crippen molar-refractivity contribution < 1.29 is 8.83 Å². The van der Waals surface area contributed by atoms with Crippen molar-refractivity contribution in [3.8, 4) is 28.2 Å². The minimum Gasteiger partial charge on any atom is -0.456 e. The van der Waals surface area contributed by atoms with E-state index in [0.717, 1.165) is 105 Å². The zero-order valence-corrected chi connectivity index (χ0v) is 39.2. The number of fused-ring (bicyclic) bond motifs is 20. The molecule has 72 heavy (non-hydrogen) atoms. The van der Waals surface area contributed by atoms with E-state index in [0.29, 0.717) is 0 Å². The first-order valence-electron chi connectivity index (χ1n) is 24.5. The maximum absolute atomic E-state index is 7.50. The number of aromatic nitrogens is 3. The third-order valence-electron chi connectivity index (χ3n) is 15.4. The van der Waals surface area contributed by atoms with Crippen LogP contribution in [0.15, 0.2) is 233 Å². The standard InChI is InChI=1S/C66H37N3O2S/c1-2-13-40(14-3-1)67-52-20-8-4-15-42(52)49-35-38(25-30-54(49)67)39-26-31-55-51(36-39)63-56(68(55)41-27-34-60-50(37-41)43-16-6-10-23-59(43)70-60)32-28-46-45-29-33-57-62(64(45)71-65(46)63)48-18-5-9-21-53(48)69(57)58-22-12-19-47-44-17-7-11-24-61(44)72-66(47)58/h1-37H. The van der Waals surface area contributed by atoms with Crippen LogP contribution in [0.4, 0.5) is 0 Å². The molecule has 0 fully saturated rings. The Bertz CT molecular complexity index is 5170. The van der Waals surface area contributed by atoms with Gasteiger partial charge in [-0.1, -0.05) is 115 Å². The van der Waals surface area contributed by atoms with Gasteiger partial charge in [0.05, 0.1) is 54.3 Å². The lowest BCUT2D eigenvalue weighted by Crippen LogP contribution is -1.93. The summed E-state index contributed by atoms with van der Waals surface area (Å²) in [5, 5.41) is 13.9. The van der Waals surface area contributed by atoms with Gasteiger partial charge in [0.25, 0.3) is 0 Å². The molecule has 0 amide bonds. The summed E-state index contributed by atoms with van der Waals surface area (Å²) in [6.45, 7) is 0. The fourth-order valence-electron chi connectivity index (χ4n) is 12.3. The molecule has 0 aliphatic carbocycles. The van der Waals surface area contributed by atoms with E-state index in [-0.39, 0.29) is 0 Å². The molecule has 5 nitrogen and oxygen atoms in total. The van der Waals surface area contributed by atoms with Crippen LogP contribution in [-0.4, -0.2) is 13.7 Å². The van der Waals surface area contributed by atoms with E-state index in [1.807, 2.05) is 23.5 Å². The zero-order valence-electron chi connectivity index (χ0n) is 38.4. The smallest absolute Gasteiger partial charge is 0.145 e. The molecule has 17 rings (SSSR count). The van der Waals surface area contributed by atoms with E-state index < -0.39 is 0 Å². The number of furan rings is 2. The van der Waals surface area contributed by atoms with Crippen LogP contribution in [0, 0.1) is 0 Å². The monoisotopic (exact) mass is 935 g/mol. The molecule has 6 heteroatoms. The van der Waals surface area contributed by atoms with Gasteiger partial charge in [-0.2, -0.15) is 0 Å². The second-order valence-corrected chi connectivity index (χ2v) is 20.2. The van der Waals surface area contributed by atoms with E-state index in [9.17, 15) is 0 Å². The van der Waals surface area contributed by atoms with Crippen molar-refractivity contribution in [2.45, 2.75) is 0 Å². The second-order valence-electron chi connectivity index (χ2n) is 19.1. The fourth-order valence-corrected chi connectivity index (χ4v) is 13.5. The zero-order chi connectivity index (χ0) is 46.8. The van der Waals surface area contributed by atoms with Gasteiger partial charge < -0.3 is 22.5 Å². The summed E-state index contributed by atoms with van der Waals surface area (Å²) in [4.78, 5) is 0. The Kier molecular flexibility index (Phi) is 7.55. The van der Waals surface area contributed by atoms with E-state index in [1.54, 1.807) is 0 Å². The molecule has 0 spiro atoms. The van der Waals surface area contributed by atoms with Gasteiger partial charge in [0.15, 0.2) is 0 Å². The van der Waals surface area contributed by atoms with Crippen molar-refractivity contribution in [1.29, 1.82) is 0 Å². The highest BCUT2D eigenvalue weighted by Crippen LogP contribution is 2.48. The summed E-state index contributed by atoms with van der Waals surface area (Å²) in [6, 6.07) is 81.6. The topological polar surface area (TPSA) is 41.1 Å². The highest BCUT2D eigenvalue weighted by Gasteiger charge is 2.25. The van der Waals surface area contributed by atoms with Gasteiger partial charge >= 0.3 is 0 Å². The Morgan fingerprint density at radius 3 is 1.67 bits per heavy atom. The van der Waals surface area contributed by atoms with Gasteiger partial charge in [-0.15, -0.1) is 11.3 Å². The maximum Gasteiger partial charge on any atom is 0.145 e. The summed E-state index contributed by atoms with van der Waals surface area (Å²) < 4.78 is 23.6. The number of nitrogens with zero attached hydrogens (tertiary/aromatic N) is 3. The maximum atomic E-state index is 7.50. The molecule has 11 aromatic carbocycles. The quantitative estimate of drug-likeness (QED) is 0.176. The van der Waals surface area contributed by atoms with Gasteiger partial charge in [0, 0.05) is 69.9 Å². The van der Waals surface area contributed by atoms with E-state index in [2.05, 4.69) is 226 Å². The third-order valence-corrected chi connectivity index (χ3v) is 16.6. The SMILES string of the molecule is c1ccc(-n2c3ccccc3c3cc(-c4ccc5c(c4)c4c6oc7c(ccc8c7c7ccccc7n8-c7cccc8c7sc7ccccc78)c6ccc4n5-c4ccc5oc6ccccc6c5c4)ccc32)cc1. The van der Waals surface area contributed by atoms with Crippen LogP contribution in [0.25, 0.3) is 158 Å². The van der Waals surface area contributed by atoms with Crippen LogP contribution in [0.1, 0.15) is 0 Å². The molecule has 6 heterocycles. The van der Waals surface area contributed by atoms with E-state index in [1.165, 1.54) is 53.1 Å². The second kappa shape index (κ2) is 14.1. The molecule has 0 N–H and O–H groups in total. The minimum atomic E-state index is 0.874. The molecule has 0 radical (unpaired) electrons. The molecule has 0 aliphatic rings. The fraction of sp³-hybridized carbons (Fsp3) is 0. The number of benzene rings is 11. The van der Waals surface area contributed by atoms with Gasteiger partial charge in [-0.05, 0) is 120 Å². The van der Waals surface area contributed by atoms with Gasteiger partial charge in [0.2, 0.25) is 0 Å². The van der Waals surface area contributed by atoms with Gasteiger partial charge in [-0.25, -0.2) is 0 Å². The summed E-state index contributed by atoms with van der Waals surface area (Å²) in [7, 11) is 0. The predicted octanol–water partition coefficient (Wildman–Crippen LogP) is 18.8. The van der Waals surface area contributed by atoms with Crippen LogP contribution >= 0.6 is 11.3 Å². The molecule has 0 saturated carbocycles. The Balaban J connectivity index is 0.945. The number of para-hydroxylation sites is 4.